The quantitative estimate of drug-likeness (QED) is 0.300. The van der Waals surface area contributed by atoms with Crippen molar-refractivity contribution in [3.05, 3.63) is 28.8 Å². The third kappa shape index (κ3) is 7.40. The lowest BCUT2D eigenvalue weighted by molar-refractivity contribution is -0.0504. The molecule has 148 valence electrons. The summed E-state index contributed by atoms with van der Waals surface area (Å²) in [5, 5.41) is 17.0. The fourth-order valence-electron chi connectivity index (χ4n) is 2.85. The summed E-state index contributed by atoms with van der Waals surface area (Å²) >= 11 is 5.94. The zero-order valence-corrected chi connectivity index (χ0v) is 17.7. The first-order chi connectivity index (χ1) is 11.9. The third-order valence-corrected chi connectivity index (χ3v) is 4.34. The number of hydrogen-bond donors (Lipinski definition) is 3. The predicted molar refractivity (Wildman–Crippen MR) is 110 cm³/mol. The van der Waals surface area contributed by atoms with Gasteiger partial charge in [-0.3, -0.25) is 0 Å². The van der Waals surface area contributed by atoms with Crippen molar-refractivity contribution >= 4 is 41.5 Å². The van der Waals surface area contributed by atoms with Gasteiger partial charge in [0.15, 0.2) is 5.96 Å². The minimum Gasteiger partial charge on any atom is -0.434 e. The van der Waals surface area contributed by atoms with Crippen molar-refractivity contribution in [2.45, 2.75) is 51.4 Å². The van der Waals surface area contributed by atoms with Crippen molar-refractivity contribution in [3.8, 4) is 5.75 Å². The molecule has 2 rings (SSSR count). The summed E-state index contributed by atoms with van der Waals surface area (Å²) in [5.41, 5.74) is -0.250. The molecule has 0 aromatic heterocycles. The fourth-order valence-corrected chi connectivity index (χ4v) is 3.04. The van der Waals surface area contributed by atoms with E-state index in [1.54, 1.807) is 6.07 Å². The Morgan fingerprint density at radius 3 is 2.65 bits per heavy atom. The highest BCUT2D eigenvalue weighted by Crippen LogP contribution is 2.28. The van der Waals surface area contributed by atoms with Crippen molar-refractivity contribution in [1.29, 1.82) is 0 Å². The van der Waals surface area contributed by atoms with Gasteiger partial charge in [-0.1, -0.05) is 24.4 Å². The number of nitrogens with one attached hydrogen (secondary N) is 2. The molecule has 0 spiro atoms. The molecule has 0 bridgehead atoms. The van der Waals surface area contributed by atoms with Gasteiger partial charge in [-0.05, 0) is 38.0 Å². The Morgan fingerprint density at radius 2 is 2.04 bits per heavy atom. The molecule has 0 saturated heterocycles. The molecule has 0 unspecified atom stereocenters. The maximum Gasteiger partial charge on any atom is 0.387 e. The van der Waals surface area contributed by atoms with Crippen LogP contribution in [0.25, 0.3) is 0 Å². The number of rotatable bonds is 7. The molecule has 9 heteroatoms. The number of aliphatic imine (C=N–C) groups is 1. The Bertz CT molecular complexity index is 599. The first-order valence-corrected chi connectivity index (χ1v) is 8.77. The van der Waals surface area contributed by atoms with Gasteiger partial charge in [-0.15, -0.1) is 24.0 Å². The van der Waals surface area contributed by atoms with E-state index in [1.807, 2.05) is 6.92 Å². The Morgan fingerprint density at radius 1 is 1.35 bits per heavy atom. The van der Waals surface area contributed by atoms with E-state index in [0.29, 0.717) is 29.6 Å². The molecule has 0 aliphatic heterocycles. The molecule has 5 nitrogen and oxygen atoms in total. The van der Waals surface area contributed by atoms with E-state index in [2.05, 4.69) is 20.4 Å². The topological polar surface area (TPSA) is 65.9 Å². The van der Waals surface area contributed by atoms with Gasteiger partial charge in [0, 0.05) is 23.7 Å². The van der Waals surface area contributed by atoms with Crippen LogP contribution in [0.5, 0.6) is 5.75 Å². The van der Waals surface area contributed by atoms with Crippen LogP contribution >= 0.6 is 35.6 Å². The minimum absolute atomic E-state index is 0. The Labute approximate surface area is 174 Å². The van der Waals surface area contributed by atoms with E-state index < -0.39 is 12.2 Å². The second-order valence-electron chi connectivity index (χ2n) is 6.11. The number of nitrogens with zero attached hydrogens (tertiary/aromatic N) is 1. The van der Waals surface area contributed by atoms with E-state index >= 15 is 0 Å². The van der Waals surface area contributed by atoms with E-state index in [-0.39, 0.29) is 36.3 Å². The van der Waals surface area contributed by atoms with Crippen LogP contribution in [0.4, 0.5) is 8.78 Å². The van der Waals surface area contributed by atoms with Crippen LogP contribution in [0, 0.1) is 0 Å². The number of ether oxygens (including phenoxy) is 1. The molecule has 0 radical (unpaired) electrons. The summed E-state index contributed by atoms with van der Waals surface area (Å²) in [6, 6.07) is 4.45. The van der Waals surface area contributed by atoms with Crippen molar-refractivity contribution in [3.63, 3.8) is 0 Å². The Kier molecular flexibility index (Phi) is 9.88. The van der Waals surface area contributed by atoms with E-state index in [1.165, 1.54) is 12.1 Å². The number of hydrogen-bond acceptors (Lipinski definition) is 3. The van der Waals surface area contributed by atoms with Gasteiger partial charge in [-0.25, -0.2) is 4.99 Å². The highest BCUT2D eigenvalue weighted by atomic mass is 127. The van der Waals surface area contributed by atoms with Crippen LogP contribution in [-0.4, -0.2) is 36.4 Å². The summed E-state index contributed by atoms with van der Waals surface area (Å²) < 4.78 is 29.5. The number of guanidine groups is 1. The summed E-state index contributed by atoms with van der Waals surface area (Å²) in [6.07, 6.45) is 3.56. The fraction of sp³-hybridized carbons (Fsp3) is 0.588. The molecule has 26 heavy (non-hydrogen) atoms. The van der Waals surface area contributed by atoms with Crippen LogP contribution in [0.15, 0.2) is 23.2 Å². The van der Waals surface area contributed by atoms with Gasteiger partial charge in [0.1, 0.15) is 5.75 Å². The molecular formula is C17H25ClF2IN3O2. The van der Waals surface area contributed by atoms with E-state index in [4.69, 9.17) is 11.6 Å². The van der Waals surface area contributed by atoms with E-state index in [9.17, 15) is 13.9 Å². The largest absolute Gasteiger partial charge is 0.434 e. The van der Waals surface area contributed by atoms with Gasteiger partial charge in [0.25, 0.3) is 0 Å². The summed E-state index contributed by atoms with van der Waals surface area (Å²) in [5.74, 6) is 0.555. The lowest BCUT2D eigenvalue weighted by Gasteiger charge is -2.23. The van der Waals surface area contributed by atoms with Gasteiger partial charge >= 0.3 is 6.61 Å². The SMILES string of the molecule is CCNC(=NCc1cc(Cl)ccc1OC(F)F)NCC1(O)CCCC1.I. The van der Waals surface area contributed by atoms with Crippen LogP contribution in [-0.2, 0) is 6.54 Å². The average molecular weight is 504 g/mol. The van der Waals surface area contributed by atoms with E-state index in [0.717, 1.165) is 25.7 Å². The molecule has 1 saturated carbocycles. The second kappa shape index (κ2) is 11.1. The van der Waals surface area contributed by atoms with Crippen molar-refractivity contribution < 1.29 is 18.6 Å². The molecule has 0 atom stereocenters. The average Bonchev–Trinajstić information content (AvgIpc) is 2.99. The maximum atomic E-state index is 12.5. The molecule has 1 fully saturated rings. The molecule has 0 amide bonds. The molecule has 1 aliphatic carbocycles. The van der Waals surface area contributed by atoms with Crippen LogP contribution in [0.1, 0.15) is 38.2 Å². The van der Waals surface area contributed by atoms with Gasteiger partial charge in [0.05, 0.1) is 12.1 Å². The van der Waals surface area contributed by atoms with Crippen molar-refractivity contribution in [1.82, 2.24) is 10.6 Å². The van der Waals surface area contributed by atoms with Crippen LogP contribution in [0.2, 0.25) is 5.02 Å². The first kappa shape index (κ1) is 23.2. The zero-order chi connectivity index (χ0) is 18.3. The van der Waals surface area contributed by atoms with Crippen molar-refractivity contribution in [2.75, 3.05) is 13.1 Å². The standard InChI is InChI=1S/C17H24ClF2N3O2.HI/c1-2-21-16(23-11-17(24)7-3-4-8-17)22-10-12-9-13(18)5-6-14(12)25-15(19)20;/h5-6,9,15,24H,2-4,7-8,10-11H2,1H3,(H2,21,22,23);1H. The number of benzene rings is 1. The lowest BCUT2D eigenvalue weighted by atomic mass is 10.0. The van der Waals surface area contributed by atoms with Gasteiger partial charge < -0.3 is 20.5 Å². The second-order valence-corrected chi connectivity index (χ2v) is 6.55. The lowest BCUT2D eigenvalue weighted by Crippen LogP contribution is -2.46. The van der Waals surface area contributed by atoms with Gasteiger partial charge in [-0.2, -0.15) is 8.78 Å². The predicted octanol–water partition coefficient (Wildman–Crippen LogP) is 3.92. The number of halogens is 4. The molecule has 1 aromatic carbocycles. The highest BCUT2D eigenvalue weighted by molar-refractivity contribution is 14.0. The molecule has 1 aliphatic rings. The molecular weight excluding hydrogens is 479 g/mol. The monoisotopic (exact) mass is 503 g/mol. The Hall–Kier alpha value is -0.870. The minimum atomic E-state index is -2.91. The smallest absolute Gasteiger partial charge is 0.387 e. The summed E-state index contributed by atoms with van der Waals surface area (Å²) in [6.45, 7) is 0.171. The zero-order valence-electron chi connectivity index (χ0n) is 14.6. The van der Waals surface area contributed by atoms with Crippen LogP contribution in [0.3, 0.4) is 0 Å². The molecule has 1 aromatic rings. The van der Waals surface area contributed by atoms with Crippen molar-refractivity contribution in [2.24, 2.45) is 4.99 Å². The highest BCUT2D eigenvalue weighted by Gasteiger charge is 2.30. The first-order valence-electron chi connectivity index (χ1n) is 8.40. The Balaban J connectivity index is 0.00000338. The molecule has 0 heterocycles. The summed E-state index contributed by atoms with van der Waals surface area (Å²) in [4.78, 5) is 4.38. The van der Waals surface area contributed by atoms with Crippen LogP contribution < -0.4 is 15.4 Å². The summed E-state index contributed by atoms with van der Waals surface area (Å²) in [7, 11) is 0. The number of aliphatic hydroxyl groups is 1. The maximum absolute atomic E-state index is 12.5. The normalized spacial score (nSPS) is 16.3. The van der Waals surface area contributed by atoms with Gasteiger partial charge in [0.2, 0.25) is 0 Å². The third-order valence-electron chi connectivity index (χ3n) is 4.11. The molecule has 3 N–H and O–H groups in total. The number of alkyl halides is 2.